The van der Waals surface area contributed by atoms with Gasteiger partial charge in [-0.1, -0.05) is 39.8 Å². The van der Waals surface area contributed by atoms with E-state index in [4.69, 9.17) is 4.74 Å². The highest BCUT2D eigenvalue weighted by Gasteiger charge is 2.67. The molecule has 1 N–H and O–H groups in total. The van der Waals surface area contributed by atoms with Crippen molar-refractivity contribution in [1.29, 1.82) is 0 Å². The highest BCUT2D eigenvalue weighted by molar-refractivity contribution is 6.40. The number of rotatable bonds is 0. The van der Waals surface area contributed by atoms with E-state index in [9.17, 15) is 14.7 Å². The molecule has 1 saturated heterocycles. The Kier molecular flexibility index (Phi) is 3.51. The number of carbonyl (C=O) groups is 2. The van der Waals surface area contributed by atoms with Crippen molar-refractivity contribution < 1.29 is 19.4 Å². The zero-order valence-electron chi connectivity index (χ0n) is 15.9. The summed E-state index contributed by atoms with van der Waals surface area (Å²) in [5.41, 5.74) is -2.39. The lowest BCUT2D eigenvalue weighted by molar-refractivity contribution is -0.228. The molecule has 0 aromatic rings. The van der Waals surface area contributed by atoms with Crippen molar-refractivity contribution in [3.05, 3.63) is 12.2 Å². The number of ether oxygens (including phenoxy) is 1. The second-order valence-electron chi connectivity index (χ2n) is 9.75. The Morgan fingerprint density at radius 2 is 1.88 bits per heavy atom. The lowest BCUT2D eigenvalue weighted by Crippen LogP contribution is -2.69. The summed E-state index contributed by atoms with van der Waals surface area (Å²) in [7, 11) is 0. The van der Waals surface area contributed by atoms with Crippen LogP contribution in [0.1, 0.15) is 47.5 Å². The third-order valence-corrected chi connectivity index (χ3v) is 8.42. The maximum atomic E-state index is 13.4. The predicted molar refractivity (Wildman–Crippen MR) is 93.8 cm³/mol. The first kappa shape index (κ1) is 17.4. The van der Waals surface area contributed by atoms with E-state index in [0.29, 0.717) is 13.0 Å². The molecule has 138 valence electrons. The van der Waals surface area contributed by atoms with Gasteiger partial charge in [-0.3, -0.25) is 9.59 Å². The zero-order chi connectivity index (χ0) is 18.4. The second kappa shape index (κ2) is 5.04. The van der Waals surface area contributed by atoms with Gasteiger partial charge in [-0.15, -0.1) is 0 Å². The quantitative estimate of drug-likeness (QED) is 0.541. The first-order valence-electron chi connectivity index (χ1n) is 9.67. The lowest BCUT2D eigenvalue weighted by atomic mass is 9.43. The monoisotopic (exact) mass is 346 g/mol. The molecule has 3 aliphatic carbocycles. The summed E-state index contributed by atoms with van der Waals surface area (Å²) in [6.45, 7) is 10.6. The number of Topliss-reactive ketones (excluding diaryl/α,β-unsaturated/α-hetero) is 2. The molecule has 2 bridgehead atoms. The van der Waals surface area contributed by atoms with Crippen molar-refractivity contribution in [2.24, 2.45) is 40.4 Å². The largest absolute Gasteiger partial charge is 0.389 e. The maximum absolute atomic E-state index is 13.4. The summed E-state index contributed by atoms with van der Waals surface area (Å²) < 4.78 is 5.65. The molecule has 4 aliphatic rings. The second-order valence-corrected chi connectivity index (χ2v) is 9.75. The molecule has 0 aromatic carbocycles. The summed E-state index contributed by atoms with van der Waals surface area (Å²) in [6, 6.07) is 0. The molecule has 4 rings (SSSR count). The Labute approximate surface area is 150 Å². The van der Waals surface area contributed by atoms with Gasteiger partial charge in [-0.05, 0) is 37.5 Å². The van der Waals surface area contributed by atoms with Crippen LogP contribution in [-0.4, -0.2) is 35.0 Å². The van der Waals surface area contributed by atoms with Gasteiger partial charge in [0.15, 0.2) is 0 Å². The van der Waals surface area contributed by atoms with Gasteiger partial charge < -0.3 is 9.84 Å². The summed E-state index contributed by atoms with van der Waals surface area (Å²) in [6.07, 6.45) is 5.36. The smallest absolute Gasteiger partial charge is 0.208 e. The molecule has 3 fully saturated rings. The minimum atomic E-state index is -0.947. The van der Waals surface area contributed by atoms with Crippen LogP contribution in [0.3, 0.4) is 0 Å². The van der Waals surface area contributed by atoms with E-state index in [1.165, 1.54) is 0 Å². The fraction of sp³-hybridized carbons (Fsp3) is 0.810. The van der Waals surface area contributed by atoms with Gasteiger partial charge in [0.05, 0.1) is 23.7 Å². The molecule has 0 radical (unpaired) electrons. The summed E-state index contributed by atoms with van der Waals surface area (Å²) >= 11 is 0. The van der Waals surface area contributed by atoms with Gasteiger partial charge >= 0.3 is 0 Å². The molecule has 2 saturated carbocycles. The Bertz CT molecular complexity index is 665. The summed E-state index contributed by atoms with van der Waals surface area (Å²) in [5.74, 6) is -0.767. The van der Waals surface area contributed by atoms with E-state index < -0.39 is 22.3 Å². The maximum Gasteiger partial charge on any atom is 0.208 e. The van der Waals surface area contributed by atoms with E-state index in [1.54, 1.807) is 0 Å². The molecule has 0 spiro atoms. The fourth-order valence-corrected chi connectivity index (χ4v) is 6.81. The minimum absolute atomic E-state index is 0.0212. The minimum Gasteiger partial charge on any atom is -0.389 e. The van der Waals surface area contributed by atoms with Crippen molar-refractivity contribution >= 4 is 11.6 Å². The third-order valence-electron chi connectivity index (χ3n) is 8.42. The highest BCUT2D eigenvalue weighted by atomic mass is 16.5. The van der Waals surface area contributed by atoms with E-state index in [2.05, 4.69) is 13.8 Å². The number of hydrogen-bond donors (Lipinski definition) is 1. The van der Waals surface area contributed by atoms with Crippen molar-refractivity contribution in [2.75, 3.05) is 6.61 Å². The van der Waals surface area contributed by atoms with Gasteiger partial charge in [0.1, 0.15) is 0 Å². The Morgan fingerprint density at radius 3 is 2.48 bits per heavy atom. The topological polar surface area (TPSA) is 63.6 Å². The molecular weight excluding hydrogens is 316 g/mol. The Balaban J connectivity index is 1.93. The number of aliphatic hydroxyl groups is 1. The van der Waals surface area contributed by atoms with Crippen LogP contribution in [0.25, 0.3) is 0 Å². The normalized spacial score (nSPS) is 54.0. The average Bonchev–Trinajstić information content (AvgIpc) is 2.51. The van der Waals surface area contributed by atoms with Crippen molar-refractivity contribution in [2.45, 2.75) is 59.2 Å². The molecule has 8 unspecified atom stereocenters. The molecule has 4 nitrogen and oxygen atoms in total. The average molecular weight is 346 g/mol. The molecule has 4 heteroatoms. The van der Waals surface area contributed by atoms with Crippen molar-refractivity contribution in [1.82, 2.24) is 0 Å². The van der Waals surface area contributed by atoms with Crippen LogP contribution in [0.15, 0.2) is 12.2 Å². The van der Waals surface area contributed by atoms with Crippen LogP contribution in [0.4, 0.5) is 0 Å². The van der Waals surface area contributed by atoms with Crippen molar-refractivity contribution in [3.63, 3.8) is 0 Å². The van der Waals surface area contributed by atoms with E-state index in [-0.39, 0.29) is 41.3 Å². The van der Waals surface area contributed by atoms with Crippen LogP contribution in [0.2, 0.25) is 0 Å². The molecule has 1 aliphatic heterocycles. The van der Waals surface area contributed by atoms with Crippen LogP contribution in [0.5, 0.6) is 0 Å². The van der Waals surface area contributed by atoms with Crippen LogP contribution >= 0.6 is 0 Å². The zero-order valence-corrected chi connectivity index (χ0v) is 15.9. The number of hydrogen-bond acceptors (Lipinski definition) is 4. The van der Waals surface area contributed by atoms with Gasteiger partial charge in [0.25, 0.3) is 0 Å². The predicted octanol–water partition coefficient (Wildman–Crippen LogP) is 2.79. The Hall–Kier alpha value is -1.00. The van der Waals surface area contributed by atoms with Crippen LogP contribution in [-0.2, 0) is 14.3 Å². The first-order chi connectivity index (χ1) is 11.6. The van der Waals surface area contributed by atoms with Gasteiger partial charge in [-0.25, -0.2) is 0 Å². The Morgan fingerprint density at radius 1 is 1.20 bits per heavy atom. The highest BCUT2D eigenvalue weighted by Crippen LogP contribution is 2.62. The van der Waals surface area contributed by atoms with Crippen LogP contribution in [0, 0.1) is 40.4 Å². The van der Waals surface area contributed by atoms with E-state index >= 15 is 0 Å². The number of allylic oxidation sites excluding steroid dienone is 1. The third kappa shape index (κ3) is 1.90. The SMILES string of the molecule is CC1CCC2(O)C(C)C3C4COC4C=CC3(C)C(=O)C(=O)C1C2(C)C. The molecule has 0 aromatic heterocycles. The number of ketones is 2. The molecular formula is C21H30O4. The molecule has 1 heterocycles. The van der Waals surface area contributed by atoms with E-state index in [0.717, 1.165) is 6.42 Å². The van der Waals surface area contributed by atoms with Crippen LogP contribution < -0.4 is 0 Å². The number of fused-ring (bicyclic) bond motifs is 5. The van der Waals surface area contributed by atoms with Gasteiger partial charge in [0, 0.05) is 17.3 Å². The summed E-state index contributed by atoms with van der Waals surface area (Å²) in [4.78, 5) is 26.7. The van der Waals surface area contributed by atoms with Gasteiger partial charge in [0.2, 0.25) is 11.6 Å². The molecule has 0 amide bonds. The summed E-state index contributed by atoms with van der Waals surface area (Å²) in [5, 5.41) is 11.9. The molecule has 25 heavy (non-hydrogen) atoms. The van der Waals surface area contributed by atoms with E-state index in [1.807, 2.05) is 32.9 Å². The molecule has 8 atom stereocenters. The van der Waals surface area contributed by atoms with Gasteiger partial charge in [-0.2, -0.15) is 0 Å². The van der Waals surface area contributed by atoms with Crippen molar-refractivity contribution in [3.8, 4) is 0 Å². The standard InChI is InChI=1S/C21H30O4/c1-11-6-9-21(24)12(2)16-13-10-25-14(13)7-8-20(16,5)18(23)17(22)15(11)19(21,3)4/h7-8,11-16,24H,6,9-10H2,1-5H3. The first-order valence-corrected chi connectivity index (χ1v) is 9.67. The number of carbonyl (C=O) groups excluding carboxylic acids is 2. The fourth-order valence-electron chi connectivity index (χ4n) is 6.81. The lowest BCUT2D eigenvalue weighted by Gasteiger charge is -2.63.